The zero-order valence-corrected chi connectivity index (χ0v) is 18.3. The summed E-state index contributed by atoms with van der Waals surface area (Å²) in [5, 5.41) is 4.29. The number of allylic oxidation sites excluding steroid dienone is 2. The smallest absolute Gasteiger partial charge is 0.148 e. The van der Waals surface area contributed by atoms with Gasteiger partial charge in [-0.25, -0.2) is 0 Å². The minimum atomic E-state index is 0.193. The monoisotopic (exact) mass is 438 g/mol. The lowest BCUT2D eigenvalue weighted by molar-refractivity contribution is 0.370. The molecule has 1 aliphatic carbocycles. The van der Waals surface area contributed by atoms with Crippen molar-refractivity contribution in [2.75, 3.05) is 11.9 Å². The van der Waals surface area contributed by atoms with Gasteiger partial charge in [0.25, 0.3) is 0 Å². The molecule has 0 bridgehead atoms. The molecule has 0 aromatic heterocycles. The number of hydrogen-bond acceptors (Lipinski definition) is 3. The van der Waals surface area contributed by atoms with Crippen molar-refractivity contribution in [2.45, 2.75) is 18.4 Å². The van der Waals surface area contributed by atoms with Crippen molar-refractivity contribution in [3.05, 3.63) is 101 Å². The molecule has 0 radical (unpaired) electrons. The highest BCUT2D eigenvalue weighted by molar-refractivity contribution is 6.32. The number of nitrogens with one attached hydrogen (secondary N) is 1. The van der Waals surface area contributed by atoms with E-state index in [1.807, 2.05) is 18.2 Å². The number of para-hydroxylation sites is 1. The molecular formula is C28H23ClN2O. The van der Waals surface area contributed by atoms with Gasteiger partial charge in [-0.05, 0) is 65.4 Å². The largest absolute Gasteiger partial charge is 0.479 e. The van der Waals surface area contributed by atoms with Crippen molar-refractivity contribution < 1.29 is 4.74 Å². The van der Waals surface area contributed by atoms with E-state index in [1.54, 1.807) is 6.21 Å². The summed E-state index contributed by atoms with van der Waals surface area (Å²) in [4.78, 5) is 4.61. The zero-order valence-electron chi connectivity index (χ0n) is 17.5. The van der Waals surface area contributed by atoms with E-state index in [1.165, 1.54) is 16.8 Å². The molecule has 0 unspecified atom stereocenters. The van der Waals surface area contributed by atoms with Gasteiger partial charge in [0, 0.05) is 17.8 Å². The average Bonchev–Trinajstić information content (AvgIpc) is 3.32. The van der Waals surface area contributed by atoms with Crippen LogP contribution in [-0.4, -0.2) is 12.8 Å². The van der Waals surface area contributed by atoms with Crippen LogP contribution >= 0.6 is 11.6 Å². The third-order valence-corrected chi connectivity index (χ3v) is 6.45. The lowest BCUT2D eigenvalue weighted by Crippen LogP contribution is -2.28. The van der Waals surface area contributed by atoms with Gasteiger partial charge in [0.05, 0.1) is 16.8 Å². The van der Waals surface area contributed by atoms with E-state index in [0.717, 1.165) is 17.7 Å². The number of anilines is 1. The topological polar surface area (TPSA) is 33.6 Å². The summed E-state index contributed by atoms with van der Waals surface area (Å²) in [6.07, 6.45) is 12.8. The second kappa shape index (κ2) is 8.94. The van der Waals surface area contributed by atoms with Crippen molar-refractivity contribution in [3.8, 4) is 18.1 Å². The highest BCUT2D eigenvalue weighted by Gasteiger charge is 2.37. The normalized spacial score (nSPS) is 20.9. The predicted octanol–water partition coefficient (Wildman–Crippen LogP) is 6.93. The maximum Gasteiger partial charge on any atom is 0.148 e. The summed E-state index contributed by atoms with van der Waals surface area (Å²) in [6.45, 7) is 0.193. The summed E-state index contributed by atoms with van der Waals surface area (Å²) >= 11 is 6.27. The van der Waals surface area contributed by atoms with Crippen LogP contribution in [0.2, 0.25) is 5.02 Å². The average molecular weight is 439 g/mol. The quantitative estimate of drug-likeness (QED) is 0.266. The van der Waals surface area contributed by atoms with Gasteiger partial charge in [0.15, 0.2) is 0 Å². The Bertz CT molecular complexity index is 1220. The standard InChI is InChI=1S/C28H23ClN2O/c1-2-16-32-27-15-10-19(17-25(27)29)18-30-21-13-11-20(12-14-21)28-24-8-5-7-22(24)23-6-3-4-9-26(23)31-28/h1,3-7,9-15,17-18,22,24,28,31H,8,16H2/t22-,24+,28+/m1/s1. The summed E-state index contributed by atoms with van der Waals surface area (Å²) in [7, 11) is 0. The number of nitrogens with zero attached hydrogens (tertiary/aromatic N) is 1. The molecule has 4 heteroatoms. The summed E-state index contributed by atoms with van der Waals surface area (Å²) in [5.74, 6) is 4.03. The second-order valence-electron chi connectivity index (χ2n) is 8.10. The summed E-state index contributed by atoms with van der Waals surface area (Å²) in [6, 6.07) is 23.0. The number of fused-ring (bicyclic) bond motifs is 3. The van der Waals surface area contributed by atoms with Crippen LogP contribution in [-0.2, 0) is 0 Å². The van der Waals surface area contributed by atoms with Gasteiger partial charge in [-0.3, -0.25) is 4.99 Å². The molecular weight excluding hydrogens is 416 g/mol. The fourth-order valence-electron chi connectivity index (χ4n) is 4.62. The van der Waals surface area contributed by atoms with Crippen molar-refractivity contribution in [3.63, 3.8) is 0 Å². The maximum atomic E-state index is 6.27. The number of benzene rings is 3. The lowest BCUT2D eigenvalue weighted by Gasteiger charge is -2.37. The summed E-state index contributed by atoms with van der Waals surface area (Å²) < 4.78 is 5.40. The van der Waals surface area contributed by atoms with Crippen LogP contribution in [0.5, 0.6) is 5.75 Å². The van der Waals surface area contributed by atoms with E-state index < -0.39 is 0 Å². The lowest BCUT2D eigenvalue weighted by atomic mass is 9.77. The third-order valence-electron chi connectivity index (χ3n) is 6.15. The first kappa shape index (κ1) is 20.4. The molecule has 0 saturated carbocycles. The van der Waals surface area contributed by atoms with Gasteiger partial charge in [0.1, 0.15) is 12.4 Å². The Kier molecular flexibility index (Phi) is 5.71. The van der Waals surface area contributed by atoms with Gasteiger partial charge in [-0.15, -0.1) is 6.42 Å². The fraction of sp³-hybridized carbons (Fsp3) is 0.179. The number of hydrogen-bond donors (Lipinski definition) is 1. The molecule has 1 N–H and O–H groups in total. The first-order valence-electron chi connectivity index (χ1n) is 10.7. The Labute approximate surface area is 193 Å². The Balaban J connectivity index is 1.32. The molecule has 1 aliphatic heterocycles. The maximum absolute atomic E-state index is 6.27. The van der Waals surface area contributed by atoms with Crippen LogP contribution in [0.3, 0.4) is 0 Å². The molecule has 0 fully saturated rings. The van der Waals surface area contributed by atoms with Crippen molar-refractivity contribution in [1.82, 2.24) is 0 Å². The third kappa shape index (κ3) is 4.02. The zero-order chi connectivity index (χ0) is 21.9. The van der Waals surface area contributed by atoms with Gasteiger partial charge < -0.3 is 10.1 Å². The van der Waals surface area contributed by atoms with Gasteiger partial charge in [-0.1, -0.05) is 60.0 Å². The van der Waals surface area contributed by atoms with Crippen LogP contribution in [0.1, 0.15) is 35.1 Å². The minimum Gasteiger partial charge on any atom is -0.479 e. The minimum absolute atomic E-state index is 0.193. The molecule has 3 aromatic carbocycles. The van der Waals surface area contributed by atoms with Crippen molar-refractivity contribution >= 4 is 29.2 Å². The van der Waals surface area contributed by atoms with E-state index in [4.69, 9.17) is 22.8 Å². The predicted molar refractivity (Wildman–Crippen MR) is 132 cm³/mol. The van der Waals surface area contributed by atoms with Gasteiger partial charge in [-0.2, -0.15) is 0 Å². The molecule has 158 valence electrons. The highest BCUT2D eigenvalue weighted by atomic mass is 35.5. The molecule has 5 rings (SSSR count). The molecule has 1 heterocycles. The molecule has 3 atom stereocenters. The Morgan fingerprint density at radius 2 is 1.97 bits per heavy atom. The second-order valence-corrected chi connectivity index (χ2v) is 8.50. The van der Waals surface area contributed by atoms with E-state index >= 15 is 0 Å². The van der Waals surface area contributed by atoms with Crippen LogP contribution < -0.4 is 10.1 Å². The fourth-order valence-corrected chi connectivity index (χ4v) is 4.87. The molecule has 0 amide bonds. The Morgan fingerprint density at radius 1 is 1.12 bits per heavy atom. The summed E-state index contributed by atoms with van der Waals surface area (Å²) in [5.41, 5.74) is 5.72. The Morgan fingerprint density at radius 3 is 2.78 bits per heavy atom. The first-order chi connectivity index (χ1) is 15.7. The van der Waals surface area contributed by atoms with Crippen LogP contribution in [0.4, 0.5) is 11.4 Å². The Hall–Kier alpha value is -3.48. The number of rotatable bonds is 5. The van der Waals surface area contributed by atoms with Crippen molar-refractivity contribution in [2.24, 2.45) is 10.9 Å². The van der Waals surface area contributed by atoms with E-state index in [9.17, 15) is 0 Å². The number of terminal acetylenes is 1. The number of aliphatic imine (C=N–C) groups is 1. The SMILES string of the molecule is C#CCOc1ccc(C=Nc2ccc([C@@H]3Nc4ccccc4[C@H]4C=CC[C@@H]43)cc2)cc1Cl. The number of halogens is 1. The molecule has 3 aromatic rings. The molecule has 32 heavy (non-hydrogen) atoms. The van der Waals surface area contributed by atoms with Crippen LogP contribution in [0.25, 0.3) is 0 Å². The van der Waals surface area contributed by atoms with Crippen LogP contribution in [0, 0.1) is 18.3 Å². The van der Waals surface area contributed by atoms with E-state index in [-0.39, 0.29) is 12.6 Å². The first-order valence-corrected chi connectivity index (χ1v) is 11.1. The highest BCUT2D eigenvalue weighted by Crippen LogP contribution is 2.49. The number of ether oxygens (including phenoxy) is 1. The molecule has 2 aliphatic rings. The van der Waals surface area contributed by atoms with Crippen LogP contribution in [0.15, 0.2) is 83.9 Å². The molecule has 0 saturated heterocycles. The van der Waals surface area contributed by atoms with E-state index in [2.05, 4.69) is 76.9 Å². The molecule has 3 nitrogen and oxygen atoms in total. The van der Waals surface area contributed by atoms with Crippen molar-refractivity contribution in [1.29, 1.82) is 0 Å². The van der Waals surface area contributed by atoms with Gasteiger partial charge >= 0.3 is 0 Å². The van der Waals surface area contributed by atoms with Gasteiger partial charge in [0.2, 0.25) is 0 Å². The van der Waals surface area contributed by atoms with E-state index in [0.29, 0.717) is 22.6 Å². The molecule has 0 spiro atoms.